The van der Waals surface area contributed by atoms with Gasteiger partial charge in [0.15, 0.2) is 5.69 Å². The highest BCUT2D eigenvalue weighted by Crippen LogP contribution is 2.09. The maximum absolute atomic E-state index is 11.4. The Labute approximate surface area is 135 Å². The summed E-state index contributed by atoms with van der Waals surface area (Å²) in [5, 5.41) is 16.6. The van der Waals surface area contributed by atoms with E-state index in [9.17, 15) is 4.79 Å². The lowest BCUT2D eigenvalue weighted by Gasteiger charge is -2.21. The van der Waals surface area contributed by atoms with Crippen LogP contribution in [-0.2, 0) is 18.0 Å². The molecule has 0 N–H and O–H groups in total. The minimum Gasteiger partial charge on any atom is -0.464 e. The van der Waals surface area contributed by atoms with Crippen molar-refractivity contribution >= 4 is 5.97 Å². The third-order valence-corrected chi connectivity index (χ3v) is 3.31. The molecule has 2 rings (SSSR count). The van der Waals surface area contributed by atoms with Crippen molar-refractivity contribution in [3.05, 3.63) is 47.3 Å². The van der Waals surface area contributed by atoms with Gasteiger partial charge in [0.1, 0.15) is 0 Å². The number of benzene rings is 1. The van der Waals surface area contributed by atoms with Crippen molar-refractivity contribution in [1.29, 1.82) is 5.26 Å². The number of methoxy groups -OCH3 is 1. The first kappa shape index (κ1) is 16.6. The van der Waals surface area contributed by atoms with E-state index in [1.807, 2.05) is 24.3 Å². The quantitative estimate of drug-likeness (QED) is 0.725. The van der Waals surface area contributed by atoms with Gasteiger partial charge in [-0.05, 0) is 30.7 Å². The highest BCUT2D eigenvalue weighted by atomic mass is 16.5. The first-order chi connectivity index (χ1) is 11.2. The molecular weight excluding hydrogens is 294 g/mol. The van der Waals surface area contributed by atoms with E-state index in [0.717, 1.165) is 25.1 Å². The van der Waals surface area contributed by atoms with E-state index >= 15 is 0 Å². The van der Waals surface area contributed by atoms with Crippen LogP contribution in [0.2, 0.25) is 0 Å². The van der Waals surface area contributed by atoms with E-state index in [2.05, 4.69) is 32.9 Å². The smallest absolute Gasteiger partial charge is 0.360 e. The predicted molar refractivity (Wildman–Crippen MR) is 83.2 cm³/mol. The van der Waals surface area contributed by atoms with Crippen LogP contribution >= 0.6 is 0 Å². The van der Waals surface area contributed by atoms with Crippen molar-refractivity contribution in [1.82, 2.24) is 19.9 Å². The summed E-state index contributed by atoms with van der Waals surface area (Å²) < 4.78 is 6.24. The van der Waals surface area contributed by atoms with Crippen molar-refractivity contribution < 1.29 is 9.53 Å². The summed E-state index contributed by atoms with van der Waals surface area (Å²) in [5.74, 6) is -0.495. The Kier molecular flexibility index (Phi) is 5.83. The predicted octanol–water partition coefficient (Wildman–Crippen LogP) is 1.81. The normalized spacial score (nSPS) is 10.5. The fourth-order valence-corrected chi connectivity index (χ4v) is 2.23. The molecule has 0 amide bonds. The van der Waals surface area contributed by atoms with Gasteiger partial charge < -0.3 is 4.74 Å². The van der Waals surface area contributed by atoms with Gasteiger partial charge in [0.2, 0.25) is 0 Å². The molecule has 7 heteroatoms. The van der Waals surface area contributed by atoms with Gasteiger partial charge in [-0.1, -0.05) is 24.3 Å². The lowest BCUT2D eigenvalue weighted by atomic mass is 10.1. The van der Waals surface area contributed by atoms with Gasteiger partial charge >= 0.3 is 5.97 Å². The second-order valence-electron chi connectivity index (χ2n) is 5.14. The fourth-order valence-electron chi connectivity index (χ4n) is 2.23. The van der Waals surface area contributed by atoms with Crippen LogP contribution in [0.15, 0.2) is 30.5 Å². The molecule has 0 radical (unpaired) electrons. The van der Waals surface area contributed by atoms with Crippen LogP contribution in [0.4, 0.5) is 0 Å². The average molecular weight is 313 g/mol. The SMILES string of the molecule is CCCN(Cc1ccc(C#N)cc1)Cn1cc(C(=O)OC)nn1. The Morgan fingerprint density at radius 2 is 2.13 bits per heavy atom. The number of carbonyl (C=O) groups is 1. The lowest BCUT2D eigenvalue weighted by Crippen LogP contribution is -2.27. The number of aromatic nitrogens is 3. The first-order valence-electron chi connectivity index (χ1n) is 7.36. The summed E-state index contributed by atoms with van der Waals surface area (Å²) in [6.07, 6.45) is 2.57. The van der Waals surface area contributed by atoms with Crippen molar-refractivity contribution in [3.63, 3.8) is 0 Å². The Morgan fingerprint density at radius 3 is 2.74 bits per heavy atom. The summed E-state index contributed by atoms with van der Waals surface area (Å²) in [7, 11) is 1.32. The monoisotopic (exact) mass is 313 g/mol. The zero-order valence-electron chi connectivity index (χ0n) is 13.3. The highest BCUT2D eigenvalue weighted by molar-refractivity contribution is 5.86. The number of ether oxygens (including phenoxy) is 1. The molecule has 23 heavy (non-hydrogen) atoms. The van der Waals surface area contributed by atoms with Crippen molar-refractivity contribution in [2.24, 2.45) is 0 Å². The number of nitrogens with zero attached hydrogens (tertiary/aromatic N) is 5. The van der Waals surface area contributed by atoms with Gasteiger partial charge in [0.25, 0.3) is 0 Å². The standard InChI is InChI=1S/C16H19N5O2/c1-3-8-20(10-14-6-4-13(9-17)5-7-14)12-21-11-15(18-19-21)16(22)23-2/h4-7,11H,3,8,10,12H2,1-2H3. The van der Waals surface area contributed by atoms with Gasteiger partial charge in [-0.3, -0.25) is 4.90 Å². The van der Waals surface area contributed by atoms with E-state index < -0.39 is 5.97 Å². The van der Waals surface area contributed by atoms with Gasteiger partial charge in [-0.25, -0.2) is 9.48 Å². The minimum absolute atomic E-state index is 0.197. The third-order valence-electron chi connectivity index (χ3n) is 3.31. The van der Waals surface area contributed by atoms with Gasteiger partial charge in [0, 0.05) is 6.54 Å². The molecule has 120 valence electrons. The average Bonchev–Trinajstić information content (AvgIpc) is 3.03. The summed E-state index contributed by atoms with van der Waals surface area (Å²) in [6, 6.07) is 9.62. The molecule has 0 unspecified atom stereocenters. The number of hydrogen-bond acceptors (Lipinski definition) is 6. The summed E-state index contributed by atoms with van der Waals surface area (Å²) in [4.78, 5) is 13.6. The van der Waals surface area contributed by atoms with Crippen LogP contribution < -0.4 is 0 Å². The molecule has 0 aliphatic rings. The van der Waals surface area contributed by atoms with Crippen LogP contribution in [0, 0.1) is 11.3 Å². The number of esters is 1. The zero-order valence-corrected chi connectivity index (χ0v) is 13.3. The molecule has 7 nitrogen and oxygen atoms in total. The van der Waals surface area contributed by atoms with Gasteiger partial charge in [-0.2, -0.15) is 5.26 Å². The molecule has 1 aromatic carbocycles. The van der Waals surface area contributed by atoms with E-state index in [1.54, 1.807) is 10.9 Å². The van der Waals surface area contributed by atoms with Gasteiger partial charge in [0.05, 0.1) is 31.6 Å². The second-order valence-corrected chi connectivity index (χ2v) is 5.14. The number of rotatable bonds is 7. The molecular formula is C16H19N5O2. The molecule has 0 atom stereocenters. The maximum Gasteiger partial charge on any atom is 0.360 e. The number of hydrogen-bond donors (Lipinski definition) is 0. The van der Waals surface area contributed by atoms with Crippen molar-refractivity contribution in [3.8, 4) is 6.07 Å². The topological polar surface area (TPSA) is 84.0 Å². The molecule has 1 aromatic heterocycles. The minimum atomic E-state index is -0.495. The van der Waals surface area contributed by atoms with Crippen LogP contribution in [0.1, 0.15) is 35.0 Å². The van der Waals surface area contributed by atoms with Crippen molar-refractivity contribution in [2.45, 2.75) is 26.6 Å². The lowest BCUT2D eigenvalue weighted by molar-refractivity contribution is 0.0594. The molecule has 0 aliphatic heterocycles. The molecule has 0 bridgehead atoms. The van der Waals surface area contributed by atoms with Crippen LogP contribution in [0.25, 0.3) is 0 Å². The third kappa shape index (κ3) is 4.63. The van der Waals surface area contributed by atoms with Crippen LogP contribution in [0.3, 0.4) is 0 Å². The Hall–Kier alpha value is -2.72. The summed E-state index contributed by atoms with van der Waals surface area (Å²) >= 11 is 0. The zero-order chi connectivity index (χ0) is 16.7. The van der Waals surface area contributed by atoms with E-state index in [1.165, 1.54) is 7.11 Å². The largest absolute Gasteiger partial charge is 0.464 e. The maximum atomic E-state index is 11.4. The molecule has 0 saturated carbocycles. The van der Waals surface area contributed by atoms with Crippen molar-refractivity contribution in [2.75, 3.05) is 13.7 Å². The molecule has 0 fully saturated rings. The second kappa shape index (κ2) is 8.06. The number of nitriles is 1. The van der Waals surface area contributed by atoms with Crippen LogP contribution in [0.5, 0.6) is 0 Å². The van der Waals surface area contributed by atoms with Gasteiger partial charge in [-0.15, -0.1) is 5.10 Å². The first-order valence-corrected chi connectivity index (χ1v) is 7.36. The van der Waals surface area contributed by atoms with E-state index in [4.69, 9.17) is 5.26 Å². The molecule has 0 aliphatic carbocycles. The molecule has 0 saturated heterocycles. The fraction of sp³-hybridized carbons (Fsp3) is 0.375. The highest BCUT2D eigenvalue weighted by Gasteiger charge is 2.12. The number of carbonyl (C=O) groups excluding carboxylic acids is 1. The molecule has 1 heterocycles. The molecule has 2 aromatic rings. The van der Waals surface area contributed by atoms with E-state index in [0.29, 0.717) is 12.2 Å². The Morgan fingerprint density at radius 1 is 1.39 bits per heavy atom. The summed E-state index contributed by atoms with van der Waals surface area (Å²) in [6.45, 7) is 4.24. The summed E-state index contributed by atoms with van der Waals surface area (Å²) in [5.41, 5.74) is 1.96. The Balaban J connectivity index is 2.04. The Bertz CT molecular complexity index is 687. The molecule has 0 spiro atoms. The van der Waals surface area contributed by atoms with E-state index in [-0.39, 0.29) is 5.69 Å². The van der Waals surface area contributed by atoms with Crippen LogP contribution in [-0.4, -0.2) is 39.5 Å².